The molecule has 9 nitrogen and oxygen atoms in total. The van der Waals surface area contributed by atoms with Crippen molar-refractivity contribution < 1.29 is 20.1 Å². The SMILES string of the molecule is CCCSc1nc(N)c2ncn([C@@H]3O[C@H](CO)C(O)C3O)c2n1. The number of aliphatic hydroxyl groups is 3. The molecule has 2 aromatic heterocycles. The van der Waals surface area contributed by atoms with Gasteiger partial charge in [-0.2, -0.15) is 0 Å². The molecule has 0 aliphatic carbocycles. The van der Waals surface area contributed by atoms with E-state index in [1.807, 2.05) is 0 Å². The van der Waals surface area contributed by atoms with Crippen LogP contribution in [0.2, 0.25) is 0 Å². The molecule has 1 aliphatic heterocycles. The second-order valence-electron chi connectivity index (χ2n) is 5.29. The van der Waals surface area contributed by atoms with Crippen molar-refractivity contribution in [1.82, 2.24) is 19.5 Å². The van der Waals surface area contributed by atoms with Crippen LogP contribution >= 0.6 is 11.8 Å². The number of aromatic nitrogens is 4. The third-order valence-electron chi connectivity index (χ3n) is 3.65. The lowest BCUT2D eigenvalue weighted by Crippen LogP contribution is -2.33. The summed E-state index contributed by atoms with van der Waals surface area (Å²) in [6.07, 6.45) is -1.74. The lowest BCUT2D eigenvalue weighted by molar-refractivity contribution is -0.0511. The maximum Gasteiger partial charge on any atom is 0.191 e. The van der Waals surface area contributed by atoms with Crippen LogP contribution < -0.4 is 5.73 Å². The van der Waals surface area contributed by atoms with E-state index in [9.17, 15) is 15.3 Å². The minimum absolute atomic E-state index is 0.249. The average Bonchev–Trinajstić information content (AvgIpc) is 3.08. The Bertz CT molecular complexity index is 696. The number of nitrogens with zero attached hydrogens (tertiary/aromatic N) is 4. The highest BCUT2D eigenvalue weighted by atomic mass is 32.2. The van der Waals surface area contributed by atoms with Crippen LogP contribution in [0.4, 0.5) is 5.82 Å². The Labute approximate surface area is 136 Å². The van der Waals surface area contributed by atoms with Gasteiger partial charge in [0.2, 0.25) is 0 Å². The topological polar surface area (TPSA) is 140 Å². The average molecular weight is 341 g/mol. The first-order chi connectivity index (χ1) is 11.1. The second kappa shape index (κ2) is 6.57. The molecule has 0 aromatic carbocycles. The molecule has 23 heavy (non-hydrogen) atoms. The zero-order chi connectivity index (χ0) is 16.6. The Morgan fingerprint density at radius 1 is 1.35 bits per heavy atom. The summed E-state index contributed by atoms with van der Waals surface area (Å²) in [5, 5.41) is 29.8. The minimum atomic E-state index is -1.20. The first-order valence-corrected chi connectivity index (χ1v) is 8.30. The van der Waals surface area contributed by atoms with Crippen molar-refractivity contribution >= 4 is 28.7 Å². The molecular formula is C13H19N5O4S. The molecule has 0 radical (unpaired) electrons. The first kappa shape index (κ1) is 16.4. The molecular weight excluding hydrogens is 322 g/mol. The molecule has 126 valence electrons. The fraction of sp³-hybridized carbons (Fsp3) is 0.615. The maximum atomic E-state index is 10.2. The summed E-state index contributed by atoms with van der Waals surface area (Å²) in [5.41, 5.74) is 6.75. The highest BCUT2D eigenvalue weighted by Gasteiger charge is 2.44. The molecule has 0 saturated carbocycles. The minimum Gasteiger partial charge on any atom is -0.394 e. The summed E-state index contributed by atoms with van der Waals surface area (Å²) >= 11 is 1.47. The highest BCUT2D eigenvalue weighted by Crippen LogP contribution is 2.32. The van der Waals surface area contributed by atoms with E-state index >= 15 is 0 Å². The Kier molecular flexibility index (Phi) is 4.69. The Morgan fingerprint density at radius 3 is 2.78 bits per heavy atom. The molecule has 3 rings (SSSR count). The van der Waals surface area contributed by atoms with Gasteiger partial charge in [-0.25, -0.2) is 15.0 Å². The molecule has 3 heterocycles. The van der Waals surface area contributed by atoms with E-state index in [0.29, 0.717) is 16.3 Å². The number of rotatable bonds is 5. The molecule has 4 atom stereocenters. The number of hydrogen-bond acceptors (Lipinski definition) is 9. The van der Waals surface area contributed by atoms with Gasteiger partial charge in [0.15, 0.2) is 22.8 Å². The molecule has 10 heteroatoms. The molecule has 0 bridgehead atoms. The van der Waals surface area contributed by atoms with Gasteiger partial charge < -0.3 is 25.8 Å². The monoisotopic (exact) mass is 341 g/mol. The van der Waals surface area contributed by atoms with Gasteiger partial charge in [0.25, 0.3) is 0 Å². The van der Waals surface area contributed by atoms with Crippen molar-refractivity contribution in [3.63, 3.8) is 0 Å². The van der Waals surface area contributed by atoms with Gasteiger partial charge in [-0.15, -0.1) is 0 Å². The zero-order valence-electron chi connectivity index (χ0n) is 12.5. The molecule has 1 aliphatic rings. The molecule has 2 aromatic rings. The zero-order valence-corrected chi connectivity index (χ0v) is 13.3. The van der Waals surface area contributed by atoms with Crippen LogP contribution in [0.15, 0.2) is 11.5 Å². The van der Waals surface area contributed by atoms with Crippen LogP contribution in [-0.2, 0) is 4.74 Å². The number of aliphatic hydroxyl groups excluding tert-OH is 3. The van der Waals surface area contributed by atoms with E-state index in [4.69, 9.17) is 10.5 Å². The number of hydrogen-bond donors (Lipinski definition) is 4. The van der Waals surface area contributed by atoms with E-state index in [0.717, 1.165) is 12.2 Å². The number of nitrogens with two attached hydrogens (primary N) is 1. The van der Waals surface area contributed by atoms with Crippen LogP contribution in [0.1, 0.15) is 19.6 Å². The first-order valence-electron chi connectivity index (χ1n) is 7.32. The highest BCUT2D eigenvalue weighted by molar-refractivity contribution is 7.99. The molecule has 5 N–H and O–H groups in total. The summed E-state index contributed by atoms with van der Waals surface area (Å²) in [6, 6.07) is 0. The number of thioether (sulfide) groups is 1. The van der Waals surface area contributed by atoms with Crippen molar-refractivity contribution in [2.24, 2.45) is 0 Å². The van der Waals surface area contributed by atoms with Crippen LogP contribution in [0.3, 0.4) is 0 Å². The van der Waals surface area contributed by atoms with Crippen LogP contribution in [0.25, 0.3) is 11.2 Å². The summed E-state index contributed by atoms with van der Waals surface area (Å²) in [4.78, 5) is 12.8. The van der Waals surface area contributed by atoms with Gasteiger partial charge in [-0.3, -0.25) is 4.57 Å². The number of nitrogen functional groups attached to an aromatic ring is 1. The van der Waals surface area contributed by atoms with Crippen molar-refractivity contribution in [1.29, 1.82) is 0 Å². The van der Waals surface area contributed by atoms with Crippen LogP contribution in [0, 0.1) is 0 Å². The predicted octanol–water partition coefficient (Wildman–Crippen LogP) is -0.478. The number of fused-ring (bicyclic) bond motifs is 1. The van der Waals surface area contributed by atoms with Crippen LogP contribution in [0.5, 0.6) is 0 Å². The number of ether oxygens (including phenoxy) is 1. The molecule has 1 saturated heterocycles. The Hall–Kier alpha value is -1.46. The lowest BCUT2D eigenvalue weighted by atomic mass is 10.1. The van der Waals surface area contributed by atoms with E-state index in [2.05, 4.69) is 21.9 Å². The number of anilines is 1. The smallest absolute Gasteiger partial charge is 0.191 e. The summed E-state index contributed by atoms with van der Waals surface area (Å²) in [7, 11) is 0. The lowest BCUT2D eigenvalue weighted by Gasteiger charge is -2.16. The largest absolute Gasteiger partial charge is 0.394 e. The van der Waals surface area contributed by atoms with Gasteiger partial charge in [0.1, 0.15) is 23.8 Å². The van der Waals surface area contributed by atoms with Gasteiger partial charge >= 0.3 is 0 Å². The van der Waals surface area contributed by atoms with Crippen molar-refractivity contribution in [3.05, 3.63) is 6.33 Å². The molecule has 1 fully saturated rings. The van der Waals surface area contributed by atoms with Gasteiger partial charge in [0, 0.05) is 5.75 Å². The normalized spacial score (nSPS) is 27.8. The van der Waals surface area contributed by atoms with Gasteiger partial charge in [0.05, 0.1) is 12.9 Å². The third-order valence-corrected chi connectivity index (χ3v) is 4.71. The third kappa shape index (κ3) is 2.88. The summed E-state index contributed by atoms with van der Waals surface area (Å²) in [6.45, 7) is 1.66. The fourth-order valence-electron chi connectivity index (χ4n) is 2.47. The Balaban J connectivity index is 1.99. The standard InChI is InChI=1S/C13H19N5O4S/c1-2-3-23-13-16-10(14)7-11(17-13)18(5-15-7)12-9(21)8(20)6(4-19)22-12/h5-6,8-9,12,19-21H,2-4H2,1H3,(H2,14,16,17)/t6-,8?,9?,12-/m1/s1. The summed E-state index contributed by atoms with van der Waals surface area (Å²) in [5.74, 6) is 1.10. The maximum absolute atomic E-state index is 10.2. The van der Waals surface area contributed by atoms with E-state index in [1.165, 1.54) is 22.7 Å². The van der Waals surface area contributed by atoms with Gasteiger partial charge in [-0.05, 0) is 6.42 Å². The second-order valence-corrected chi connectivity index (χ2v) is 6.35. The molecule has 0 amide bonds. The molecule has 0 spiro atoms. The van der Waals surface area contributed by atoms with Gasteiger partial charge in [-0.1, -0.05) is 18.7 Å². The van der Waals surface area contributed by atoms with Crippen molar-refractivity contribution in [2.45, 2.75) is 43.0 Å². The Morgan fingerprint density at radius 2 is 2.13 bits per heavy atom. The van der Waals surface area contributed by atoms with Crippen molar-refractivity contribution in [2.75, 3.05) is 18.1 Å². The van der Waals surface area contributed by atoms with E-state index in [1.54, 1.807) is 0 Å². The fourth-order valence-corrected chi connectivity index (χ4v) is 3.17. The van der Waals surface area contributed by atoms with E-state index < -0.39 is 31.1 Å². The summed E-state index contributed by atoms with van der Waals surface area (Å²) < 4.78 is 7.02. The predicted molar refractivity (Wildman–Crippen MR) is 83.8 cm³/mol. The van der Waals surface area contributed by atoms with Crippen molar-refractivity contribution in [3.8, 4) is 0 Å². The van der Waals surface area contributed by atoms with Crippen LogP contribution in [-0.4, -0.2) is 65.5 Å². The quantitative estimate of drug-likeness (QED) is 0.419. The van der Waals surface area contributed by atoms with E-state index in [-0.39, 0.29) is 5.82 Å². The molecule has 2 unspecified atom stereocenters. The number of imidazole rings is 1.